The SMILES string of the molecule is CCn1nc(C)cc1CC(O)c1ncc(Cl)cc1Cl. The molecule has 0 spiro atoms. The summed E-state index contributed by atoms with van der Waals surface area (Å²) in [6, 6.07) is 3.54. The first-order valence-corrected chi connectivity index (χ1v) is 6.79. The van der Waals surface area contributed by atoms with Gasteiger partial charge in [-0.15, -0.1) is 0 Å². The maximum atomic E-state index is 10.2. The van der Waals surface area contributed by atoms with E-state index in [1.54, 1.807) is 6.07 Å². The number of hydrogen-bond acceptors (Lipinski definition) is 3. The van der Waals surface area contributed by atoms with Crippen LogP contribution in [0.1, 0.15) is 30.1 Å². The van der Waals surface area contributed by atoms with Crippen molar-refractivity contribution in [3.8, 4) is 0 Å². The second-order valence-electron chi connectivity index (χ2n) is 4.33. The van der Waals surface area contributed by atoms with Crippen LogP contribution >= 0.6 is 23.2 Å². The van der Waals surface area contributed by atoms with E-state index in [0.717, 1.165) is 17.9 Å². The minimum atomic E-state index is -0.772. The van der Waals surface area contributed by atoms with E-state index in [2.05, 4.69) is 10.1 Å². The number of hydrogen-bond donors (Lipinski definition) is 1. The molecule has 0 saturated carbocycles. The fourth-order valence-electron chi connectivity index (χ4n) is 2.00. The second kappa shape index (κ2) is 5.90. The Bertz CT molecular complexity index is 583. The Labute approximate surface area is 122 Å². The van der Waals surface area contributed by atoms with Crippen LogP contribution in [-0.2, 0) is 13.0 Å². The molecule has 2 aromatic rings. The summed E-state index contributed by atoms with van der Waals surface area (Å²) in [5.41, 5.74) is 2.33. The number of aryl methyl sites for hydroxylation is 2. The van der Waals surface area contributed by atoms with E-state index in [0.29, 0.717) is 22.2 Å². The van der Waals surface area contributed by atoms with Crippen molar-refractivity contribution in [3.63, 3.8) is 0 Å². The molecular formula is C13H15Cl2N3O. The summed E-state index contributed by atoms with van der Waals surface area (Å²) in [5, 5.41) is 15.4. The van der Waals surface area contributed by atoms with Crippen molar-refractivity contribution in [2.24, 2.45) is 0 Å². The highest BCUT2D eigenvalue weighted by molar-refractivity contribution is 6.34. The third-order valence-corrected chi connectivity index (χ3v) is 3.35. The minimum absolute atomic E-state index is 0.374. The van der Waals surface area contributed by atoms with Crippen LogP contribution in [0.2, 0.25) is 10.0 Å². The van der Waals surface area contributed by atoms with Crippen LogP contribution in [0.4, 0.5) is 0 Å². The number of aliphatic hydroxyl groups is 1. The molecule has 0 amide bonds. The van der Waals surface area contributed by atoms with Crippen LogP contribution in [-0.4, -0.2) is 19.9 Å². The van der Waals surface area contributed by atoms with Crippen LogP contribution in [0.3, 0.4) is 0 Å². The highest BCUT2D eigenvalue weighted by Crippen LogP contribution is 2.26. The molecule has 6 heteroatoms. The second-order valence-corrected chi connectivity index (χ2v) is 5.18. The number of halogens is 2. The Balaban J connectivity index is 2.22. The standard InChI is InChI=1S/C13H15Cl2N3O/c1-3-18-10(4-8(2)17-18)6-12(19)13-11(15)5-9(14)7-16-13/h4-5,7,12,19H,3,6H2,1-2H3. The zero-order valence-corrected chi connectivity index (χ0v) is 12.3. The van der Waals surface area contributed by atoms with E-state index in [9.17, 15) is 5.11 Å². The molecule has 0 aliphatic heterocycles. The van der Waals surface area contributed by atoms with Gasteiger partial charge in [-0.3, -0.25) is 9.67 Å². The Morgan fingerprint density at radius 3 is 2.74 bits per heavy atom. The Hall–Kier alpha value is -1.10. The van der Waals surface area contributed by atoms with Crippen LogP contribution in [0, 0.1) is 6.92 Å². The normalized spacial score (nSPS) is 12.7. The molecular weight excluding hydrogens is 285 g/mol. The summed E-state index contributed by atoms with van der Waals surface area (Å²) in [6.45, 7) is 4.70. The molecule has 0 aromatic carbocycles. The van der Waals surface area contributed by atoms with Crippen molar-refractivity contribution in [2.75, 3.05) is 0 Å². The fourth-order valence-corrected chi connectivity index (χ4v) is 2.51. The molecule has 0 fully saturated rings. The Kier molecular flexibility index (Phi) is 4.45. The number of aliphatic hydroxyl groups excluding tert-OH is 1. The molecule has 1 unspecified atom stereocenters. The summed E-state index contributed by atoms with van der Waals surface area (Å²) in [5.74, 6) is 0. The first kappa shape index (κ1) is 14.3. The van der Waals surface area contributed by atoms with E-state index in [1.807, 2.05) is 24.6 Å². The van der Waals surface area contributed by atoms with Gasteiger partial charge in [-0.05, 0) is 26.0 Å². The van der Waals surface area contributed by atoms with Gasteiger partial charge in [0.05, 0.1) is 21.4 Å². The molecule has 0 bridgehead atoms. The first-order valence-electron chi connectivity index (χ1n) is 6.03. The number of nitrogens with zero attached hydrogens (tertiary/aromatic N) is 3. The van der Waals surface area contributed by atoms with Gasteiger partial charge in [-0.1, -0.05) is 23.2 Å². The maximum absolute atomic E-state index is 10.2. The molecule has 1 atom stereocenters. The molecule has 19 heavy (non-hydrogen) atoms. The summed E-state index contributed by atoms with van der Waals surface area (Å²) >= 11 is 11.8. The van der Waals surface area contributed by atoms with Crippen molar-refractivity contribution < 1.29 is 5.11 Å². The number of aromatic nitrogens is 3. The van der Waals surface area contributed by atoms with Crippen LogP contribution in [0.5, 0.6) is 0 Å². The zero-order chi connectivity index (χ0) is 14.0. The third-order valence-electron chi connectivity index (χ3n) is 2.84. The van der Waals surface area contributed by atoms with E-state index in [-0.39, 0.29) is 0 Å². The first-order chi connectivity index (χ1) is 9.01. The van der Waals surface area contributed by atoms with E-state index in [1.165, 1.54) is 6.20 Å². The predicted octanol–water partition coefficient (Wildman–Crippen LogP) is 3.19. The quantitative estimate of drug-likeness (QED) is 0.943. The monoisotopic (exact) mass is 299 g/mol. The summed E-state index contributed by atoms with van der Waals surface area (Å²) < 4.78 is 1.86. The summed E-state index contributed by atoms with van der Waals surface area (Å²) in [4.78, 5) is 4.09. The van der Waals surface area contributed by atoms with Gasteiger partial charge in [0.1, 0.15) is 6.10 Å². The highest BCUT2D eigenvalue weighted by atomic mass is 35.5. The Morgan fingerprint density at radius 1 is 1.37 bits per heavy atom. The van der Waals surface area contributed by atoms with Gasteiger partial charge in [0.2, 0.25) is 0 Å². The summed E-state index contributed by atoms with van der Waals surface area (Å²) in [6.07, 6.45) is 1.13. The lowest BCUT2D eigenvalue weighted by atomic mass is 10.1. The smallest absolute Gasteiger partial charge is 0.103 e. The molecule has 0 saturated heterocycles. The average molecular weight is 300 g/mol. The zero-order valence-electron chi connectivity index (χ0n) is 10.8. The molecule has 2 aromatic heterocycles. The van der Waals surface area contributed by atoms with Crippen LogP contribution in [0.25, 0.3) is 0 Å². The fraction of sp³-hybridized carbons (Fsp3) is 0.385. The highest BCUT2D eigenvalue weighted by Gasteiger charge is 2.17. The van der Waals surface area contributed by atoms with E-state index >= 15 is 0 Å². The lowest BCUT2D eigenvalue weighted by Gasteiger charge is -2.12. The van der Waals surface area contributed by atoms with Gasteiger partial charge in [-0.25, -0.2) is 0 Å². The number of pyridine rings is 1. The third kappa shape index (κ3) is 3.26. The largest absolute Gasteiger partial charge is 0.386 e. The molecule has 1 N–H and O–H groups in total. The topological polar surface area (TPSA) is 50.9 Å². The molecule has 0 aliphatic rings. The Morgan fingerprint density at radius 2 is 2.11 bits per heavy atom. The summed E-state index contributed by atoms with van der Waals surface area (Å²) in [7, 11) is 0. The minimum Gasteiger partial charge on any atom is -0.386 e. The van der Waals surface area contributed by atoms with E-state index < -0.39 is 6.10 Å². The predicted molar refractivity (Wildman–Crippen MR) is 75.6 cm³/mol. The van der Waals surface area contributed by atoms with E-state index in [4.69, 9.17) is 23.2 Å². The lowest BCUT2D eigenvalue weighted by Crippen LogP contribution is -2.10. The molecule has 4 nitrogen and oxygen atoms in total. The van der Waals surface area contributed by atoms with Gasteiger partial charge >= 0.3 is 0 Å². The van der Waals surface area contributed by atoms with Crippen molar-refractivity contribution in [1.82, 2.24) is 14.8 Å². The van der Waals surface area contributed by atoms with Gasteiger partial charge in [0.15, 0.2) is 0 Å². The molecule has 2 heterocycles. The van der Waals surface area contributed by atoms with Gasteiger partial charge < -0.3 is 5.11 Å². The van der Waals surface area contributed by atoms with Gasteiger partial charge in [-0.2, -0.15) is 5.10 Å². The van der Waals surface area contributed by atoms with Crippen molar-refractivity contribution in [1.29, 1.82) is 0 Å². The van der Waals surface area contributed by atoms with Crippen molar-refractivity contribution >= 4 is 23.2 Å². The van der Waals surface area contributed by atoms with Gasteiger partial charge in [0.25, 0.3) is 0 Å². The average Bonchev–Trinajstić information content (AvgIpc) is 2.69. The molecule has 0 aliphatic carbocycles. The van der Waals surface area contributed by atoms with Crippen LogP contribution in [0.15, 0.2) is 18.3 Å². The van der Waals surface area contributed by atoms with Crippen molar-refractivity contribution in [2.45, 2.75) is 32.9 Å². The lowest BCUT2D eigenvalue weighted by molar-refractivity contribution is 0.171. The van der Waals surface area contributed by atoms with Crippen LogP contribution < -0.4 is 0 Å². The maximum Gasteiger partial charge on any atom is 0.103 e. The number of rotatable bonds is 4. The van der Waals surface area contributed by atoms with Gasteiger partial charge in [0, 0.05) is 24.9 Å². The van der Waals surface area contributed by atoms with Crippen molar-refractivity contribution in [3.05, 3.63) is 45.5 Å². The molecule has 2 rings (SSSR count). The molecule has 102 valence electrons. The molecule has 0 radical (unpaired) electrons.